The number of aryl methyl sites for hydroxylation is 1. The molecule has 0 aliphatic carbocycles. The maximum absolute atomic E-state index is 12.5. The molecular formula is C23H34N2O3S. The largest absolute Gasteiger partial charge is 0.351 e. The second-order valence-corrected chi connectivity index (χ2v) is 9.00. The maximum atomic E-state index is 12.5. The van der Waals surface area contributed by atoms with Gasteiger partial charge in [0.25, 0.3) is 5.91 Å². The van der Waals surface area contributed by atoms with Gasteiger partial charge in [-0.1, -0.05) is 63.1 Å². The summed E-state index contributed by atoms with van der Waals surface area (Å²) >= 11 is 1.47. The number of likely N-dealkylation sites (tertiary alicyclic amines) is 1. The van der Waals surface area contributed by atoms with Crippen molar-refractivity contribution in [1.82, 2.24) is 10.2 Å². The van der Waals surface area contributed by atoms with E-state index in [2.05, 4.69) is 12.2 Å². The minimum atomic E-state index is -0.302. The molecule has 29 heavy (non-hydrogen) atoms. The number of imide groups is 1. The van der Waals surface area contributed by atoms with Crippen molar-refractivity contribution in [3.63, 3.8) is 0 Å². The standard InChI is InChI=1S/C23H34N2O3S/c1-3-4-5-6-7-8-9-15-25-21(26)17-20(23(25)28)29-16-14-24-22(27)19-12-10-18(2)11-13-19/h10-13,20H,3-9,14-17H2,1-2H3,(H,24,27). The van der Waals surface area contributed by atoms with Gasteiger partial charge in [-0.25, -0.2) is 0 Å². The molecule has 1 heterocycles. The van der Waals surface area contributed by atoms with Gasteiger partial charge in [0.1, 0.15) is 0 Å². The van der Waals surface area contributed by atoms with E-state index in [9.17, 15) is 14.4 Å². The number of nitrogens with one attached hydrogen (secondary N) is 1. The number of amides is 3. The van der Waals surface area contributed by atoms with Gasteiger partial charge in [-0.15, -0.1) is 11.8 Å². The summed E-state index contributed by atoms with van der Waals surface area (Å²) in [5, 5.41) is 2.57. The predicted octanol–water partition coefficient (Wildman–Crippen LogP) is 4.34. The fourth-order valence-electron chi connectivity index (χ4n) is 3.42. The highest BCUT2D eigenvalue weighted by molar-refractivity contribution is 8.00. The zero-order chi connectivity index (χ0) is 21.1. The van der Waals surface area contributed by atoms with E-state index in [1.54, 1.807) is 12.1 Å². The van der Waals surface area contributed by atoms with E-state index < -0.39 is 0 Å². The average molecular weight is 419 g/mol. The van der Waals surface area contributed by atoms with Crippen molar-refractivity contribution >= 4 is 29.5 Å². The number of thioether (sulfide) groups is 1. The van der Waals surface area contributed by atoms with Crippen molar-refractivity contribution in [3.8, 4) is 0 Å². The van der Waals surface area contributed by atoms with Crippen LogP contribution in [0.1, 0.15) is 74.2 Å². The molecule has 160 valence electrons. The van der Waals surface area contributed by atoms with Gasteiger partial charge in [-0.3, -0.25) is 19.3 Å². The molecule has 1 saturated heterocycles. The normalized spacial score (nSPS) is 16.5. The summed E-state index contributed by atoms with van der Waals surface area (Å²) in [6.45, 7) is 5.21. The molecule has 1 unspecified atom stereocenters. The summed E-state index contributed by atoms with van der Waals surface area (Å²) < 4.78 is 0. The van der Waals surface area contributed by atoms with Gasteiger partial charge in [-0.2, -0.15) is 0 Å². The third-order valence-electron chi connectivity index (χ3n) is 5.21. The van der Waals surface area contributed by atoms with Gasteiger partial charge >= 0.3 is 0 Å². The molecule has 1 fully saturated rings. The molecule has 0 radical (unpaired) electrons. The van der Waals surface area contributed by atoms with Crippen LogP contribution in [0, 0.1) is 6.92 Å². The number of benzene rings is 1. The second kappa shape index (κ2) is 12.7. The van der Waals surface area contributed by atoms with Crippen molar-refractivity contribution < 1.29 is 14.4 Å². The van der Waals surface area contributed by atoms with Crippen LogP contribution in [0.5, 0.6) is 0 Å². The summed E-state index contributed by atoms with van der Waals surface area (Å²) in [5.74, 6) is 0.394. The lowest BCUT2D eigenvalue weighted by molar-refractivity contribution is -0.138. The zero-order valence-corrected chi connectivity index (χ0v) is 18.6. The third-order valence-corrected chi connectivity index (χ3v) is 6.42. The number of rotatable bonds is 13. The molecular weight excluding hydrogens is 384 g/mol. The van der Waals surface area contributed by atoms with E-state index in [0.717, 1.165) is 18.4 Å². The van der Waals surface area contributed by atoms with Gasteiger partial charge in [0.05, 0.1) is 5.25 Å². The van der Waals surface area contributed by atoms with Crippen molar-refractivity contribution in [1.29, 1.82) is 0 Å². The molecule has 1 aromatic rings. The van der Waals surface area contributed by atoms with Crippen molar-refractivity contribution in [3.05, 3.63) is 35.4 Å². The third kappa shape index (κ3) is 7.84. The quantitative estimate of drug-likeness (QED) is 0.382. The van der Waals surface area contributed by atoms with Crippen molar-refractivity contribution in [2.45, 2.75) is 70.5 Å². The molecule has 1 atom stereocenters. The van der Waals surface area contributed by atoms with E-state index in [4.69, 9.17) is 0 Å². The summed E-state index contributed by atoms with van der Waals surface area (Å²) in [5.41, 5.74) is 1.75. The number of unbranched alkanes of at least 4 members (excludes halogenated alkanes) is 6. The molecule has 0 aromatic heterocycles. The summed E-state index contributed by atoms with van der Waals surface area (Å²) in [4.78, 5) is 38.2. The first-order valence-corrected chi connectivity index (χ1v) is 11.9. The Kier molecular flexibility index (Phi) is 10.3. The van der Waals surface area contributed by atoms with Crippen molar-refractivity contribution in [2.75, 3.05) is 18.8 Å². The maximum Gasteiger partial charge on any atom is 0.251 e. The van der Waals surface area contributed by atoms with E-state index in [0.29, 0.717) is 24.4 Å². The number of carbonyl (C=O) groups is 3. The molecule has 1 N–H and O–H groups in total. The topological polar surface area (TPSA) is 66.5 Å². The molecule has 0 saturated carbocycles. The van der Waals surface area contributed by atoms with Crippen LogP contribution < -0.4 is 5.32 Å². The molecule has 6 heteroatoms. The predicted molar refractivity (Wildman–Crippen MR) is 119 cm³/mol. The van der Waals surface area contributed by atoms with Crippen molar-refractivity contribution in [2.24, 2.45) is 0 Å². The van der Waals surface area contributed by atoms with Gasteiger partial charge in [0.2, 0.25) is 11.8 Å². The summed E-state index contributed by atoms with van der Waals surface area (Å²) in [7, 11) is 0. The molecule has 1 aliphatic heterocycles. The molecule has 1 aliphatic rings. The Morgan fingerprint density at radius 3 is 2.41 bits per heavy atom. The van der Waals surface area contributed by atoms with Crippen LogP contribution in [-0.4, -0.2) is 46.7 Å². The monoisotopic (exact) mass is 418 g/mol. The minimum absolute atomic E-state index is 0.0535. The molecule has 0 spiro atoms. The Bertz CT molecular complexity index is 675. The Balaban J connectivity index is 1.62. The zero-order valence-electron chi connectivity index (χ0n) is 17.7. The second-order valence-electron chi connectivity index (χ2n) is 7.69. The van der Waals surface area contributed by atoms with Gasteiger partial charge < -0.3 is 5.32 Å². The van der Waals surface area contributed by atoms with Crippen LogP contribution in [0.4, 0.5) is 0 Å². The fraction of sp³-hybridized carbons (Fsp3) is 0.609. The van der Waals surface area contributed by atoms with Crippen LogP contribution in [0.2, 0.25) is 0 Å². The SMILES string of the molecule is CCCCCCCCCN1C(=O)CC(SCCNC(=O)c2ccc(C)cc2)C1=O. The number of carbonyl (C=O) groups excluding carboxylic acids is 3. The Hall–Kier alpha value is -1.82. The van der Waals surface area contributed by atoms with Crippen LogP contribution in [0.15, 0.2) is 24.3 Å². The molecule has 5 nitrogen and oxygen atoms in total. The lowest BCUT2D eigenvalue weighted by Crippen LogP contribution is -2.32. The number of hydrogen-bond donors (Lipinski definition) is 1. The summed E-state index contributed by atoms with van der Waals surface area (Å²) in [6, 6.07) is 7.43. The molecule has 1 aromatic carbocycles. The highest BCUT2D eigenvalue weighted by Crippen LogP contribution is 2.25. The molecule has 3 amide bonds. The van der Waals surface area contributed by atoms with Gasteiger partial charge in [0, 0.05) is 30.8 Å². The van der Waals surface area contributed by atoms with E-state index in [1.165, 1.54) is 48.8 Å². The van der Waals surface area contributed by atoms with Gasteiger partial charge in [-0.05, 0) is 25.5 Å². The Labute approximate surface area is 179 Å². The van der Waals surface area contributed by atoms with Crippen LogP contribution in [-0.2, 0) is 9.59 Å². The lowest BCUT2D eigenvalue weighted by atomic mass is 10.1. The number of nitrogens with zero attached hydrogens (tertiary/aromatic N) is 1. The minimum Gasteiger partial charge on any atom is -0.351 e. The van der Waals surface area contributed by atoms with Crippen LogP contribution in [0.25, 0.3) is 0 Å². The molecule has 2 rings (SSSR count). The van der Waals surface area contributed by atoms with E-state index in [1.807, 2.05) is 19.1 Å². The van der Waals surface area contributed by atoms with E-state index in [-0.39, 0.29) is 29.4 Å². The first-order valence-electron chi connectivity index (χ1n) is 10.8. The first kappa shape index (κ1) is 23.5. The number of hydrogen-bond acceptors (Lipinski definition) is 4. The summed E-state index contributed by atoms with van der Waals surface area (Å²) in [6.07, 6.45) is 8.47. The average Bonchev–Trinajstić information content (AvgIpc) is 2.98. The Morgan fingerprint density at radius 2 is 1.72 bits per heavy atom. The van der Waals surface area contributed by atoms with E-state index >= 15 is 0 Å². The Morgan fingerprint density at radius 1 is 1.07 bits per heavy atom. The fourth-order valence-corrected chi connectivity index (χ4v) is 4.45. The first-order chi connectivity index (χ1) is 14.0. The van der Waals surface area contributed by atoms with Crippen LogP contribution in [0.3, 0.4) is 0 Å². The lowest BCUT2D eigenvalue weighted by Gasteiger charge is -2.14. The van der Waals surface area contributed by atoms with Gasteiger partial charge in [0.15, 0.2) is 0 Å². The molecule has 0 bridgehead atoms. The highest BCUT2D eigenvalue weighted by Gasteiger charge is 2.38. The van der Waals surface area contributed by atoms with Crippen LogP contribution >= 0.6 is 11.8 Å². The highest BCUT2D eigenvalue weighted by atomic mass is 32.2. The smallest absolute Gasteiger partial charge is 0.251 e.